The first-order chi connectivity index (χ1) is 9.27. The molecule has 0 aromatic carbocycles. The van der Waals surface area contributed by atoms with Crippen LogP contribution < -0.4 is 11.1 Å². The molecule has 0 atom stereocenters. The van der Waals surface area contributed by atoms with Crippen LogP contribution in [0.2, 0.25) is 0 Å². The number of nitrogen functional groups attached to an aromatic ring is 1. The summed E-state index contributed by atoms with van der Waals surface area (Å²) in [6, 6.07) is 0. The van der Waals surface area contributed by atoms with Crippen molar-refractivity contribution in [3.8, 4) is 0 Å². The van der Waals surface area contributed by atoms with Crippen molar-refractivity contribution in [1.82, 2.24) is 9.97 Å². The molecule has 112 valence electrons. The van der Waals surface area contributed by atoms with E-state index >= 15 is 0 Å². The number of anilines is 2. The molecule has 0 amide bonds. The fourth-order valence-electron chi connectivity index (χ4n) is 2.31. The van der Waals surface area contributed by atoms with Crippen LogP contribution in [-0.2, 0) is 10.2 Å². The minimum Gasteiger partial charge on any atom is -0.383 e. The zero-order valence-electron chi connectivity index (χ0n) is 13.2. The minimum absolute atomic E-state index is 0.0337. The summed E-state index contributed by atoms with van der Waals surface area (Å²) in [5, 5.41) is 3.40. The van der Waals surface area contributed by atoms with Gasteiger partial charge in [-0.05, 0) is 26.2 Å². The third-order valence-corrected chi connectivity index (χ3v) is 4.13. The second-order valence-corrected chi connectivity index (χ2v) is 6.75. The van der Waals surface area contributed by atoms with Crippen molar-refractivity contribution < 1.29 is 4.74 Å². The quantitative estimate of drug-likeness (QED) is 0.885. The van der Waals surface area contributed by atoms with Crippen LogP contribution in [0.15, 0.2) is 0 Å². The zero-order chi connectivity index (χ0) is 15.0. The van der Waals surface area contributed by atoms with Gasteiger partial charge in [0.25, 0.3) is 0 Å². The van der Waals surface area contributed by atoms with Gasteiger partial charge in [-0.1, -0.05) is 20.8 Å². The third kappa shape index (κ3) is 2.87. The summed E-state index contributed by atoms with van der Waals surface area (Å²) in [4.78, 5) is 9.04. The number of nitrogens with one attached hydrogen (secondary N) is 1. The lowest BCUT2D eigenvalue weighted by Crippen LogP contribution is -2.45. The molecule has 0 unspecified atom stereocenters. The van der Waals surface area contributed by atoms with E-state index in [-0.39, 0.29) is 11.0 Å². The molecule has 0 bridgehead atoms. The maximum absolute atomic E-state index is 6.01. The molecule has 1 aliphatic rings. The van der Waals surface area contributed by atoms with Crippen LogP contribution in [0.5, 0.6) is 0 Å². The molecule has 1 fully saturated rings. The maximum Gasteiger partial charge on any atom is 0.138 e. The Morgan fingerprint density at radius 3 is 2.40 bits per heavy atom. The van der Waals surface area contributed by atoms with Gasteiger partial charge >= 0.3 is 0 Å². The fourth-order valence-corrected chi connectivity index (χ4v) is 2.31. The number of rotatable bonds is 4. The summed E-state index contributed by atoms with van der Waals surface area (Å²) >= 11 is 0. The number of aromatic nitrogens is 2. The van der Waals surface area contributed by atoms with Gasteiger partial charge in [0, 0.05) is 24.6 Å². The van der Waals surface area contributed by atoms with Crippen LogP contribution in [-0.4, -0.2) is 29.2 Å². The van der Waals surface area contributed by atoms with Gasteiger partial charge in [0.15, 0.2) is 0 Å². The molecule has 0 saturated heterocycles. The average Bonchev–Trinajstić information content (AvgIpc) is 2.31. The Bertz CT molecular complexity index is 484. The lowest BCUT2D eigenvalue weighted by atomic mass is 9.80. The maximum atomic E-state index is 6.01. The van der Waals surface area contributed by atoms with E-state index in [1.54, 1.807) is 7.11 Å². The van der Waals surface area contributed by atoms with E-state index < -0.39 is 0 Å². The van der Waals surface area contributed by atoms with Crippen LogP contribution in [0.4, 0.5) is 11.6 Å². The van der Waals surface area contributed by atoms with E-state index in [1.807, 2.05) is 6.92 Å². The Labute approximate surface area is 121 Å². The normalized spacial score (nSPS) is 17.6. The topological polar surface area (TPSA) is 73.1 Å². The Hall–Kier alpha value is -1.36. The summed E-state index contributed by atoms with van der Waals surface area (Å²) < 4.78 is 5.63. The average molecular weight is 278 g/mol. The zero-order valence-corrected chi connectivity index (χ0v) is 13.2. The van der Waals surface area contributed by atoms with Crippen molar-refractivity contribution >= 4 is 11.6 Å². The highest BCUT2D eigenvalue weighted by Crippen LogP contribution is 2.35. The smallest absolute Gasteiger partial charge is 0.138 e. The molecule has 2 rings (SSSR count). The van der Waals surface area contributed by atoms with Crippen molar-refractivity contribution in [3.05, 3.63) is 11.4 Å². The first kappa shape index (κ1) is 15.0. The van der Waals surface area contributed by atoms with E-state index in [2.05, 4.69) is 36.1 Å². The SMILES string of the molecule is COC1(CNc2nc(C(C)(C)C)nc(N)c2C)CCC1. The van der Waals surface area contributed by atoms with Crippen LogP contribution in [0, 0.1) is 6.92 Å². The standard InChI is InChI=1S/C15H26N4O/c1-10-11(16)18-13(14(2,3)4)19-12(10)17-9-15(20-5)7-6-8-15/h6-9H2,1-5H3,(H3,16,17,18,19). The van der Waals surface area contributed by atoms with Crippen molar-refractivity contribution in [2.24, 2.45) is 0 Å². The van der Waals surface area contributed by atoms with Gasteiger partial charge in [-0.15, -0.1) is 0 Å². The van der Waals surface area contributed by atoms with Crippen LogP contribution >= 0.6 is 0 Å². The van der Waals surface area contributed by atoms with E-state index in [4.69, 9.17) is 10.5 Å². The summed E-state index contributed by atoms with van der Waals surface area (Å²) in [5.41, 5.74) is 6.77. The highest BCUT2D eigenvalue weighted by Gasteiger charge is 2.37. The number of hydrogen-bond donors (Lipinski definition) is 2. The highest BCUT2D eigenvalue weighted by atomic mass is 16.5. The number of ether oxygens (including phenoxy) is 1. The Morgan fingerprint density at radius 2 is 1.95 bits per heavy atom. The molecule has 1 aliphatic carbocycles. The minimum atomic E-state index is -0.117. The van der Waals surface area contributed by atoms with E-state index in [0.29, 0.717) is 5.82 Å². The Balaban J connectivity index is 2.20. The van der Waals surface area contributed by atoms with Crippen LogP contribution in [0.25, 0.3) is 0 Å². The number of nitrogens with zero attached hydrogens (tertiary/aromatic N) is 2. The summed E-state index contributed by atoms with van der Waals surface area (Å²) in [7, 11) is 1.78. The Kier molecular flexibility index (Phi) is 3.91. The number of nitrogens with two attached hydrogens (primary N) is 1. The molecule has 1 aromatic heterocycles. The number of methoxy groups -OCH3 is 1. The van der Waals surface area contributed by atoms with Crippen LogP contribution in [0.1, 0.15) is 51.4 Å². The fraction of sp³-hybridized carbons (Fsp3) is 0.733. The molecule has 1 saturated carbocycles. The van der Waals surface area contributed by atoms with Crippen LogP contribution in [0.3, 0.4) is 0 Å². The van der Waals surface area contributed by atoms with E-state index in [0.717, 1.165) is 36.6 Å². The van der Waals surface area contributed by atoms with Gasteiger partial charge in [0.2, 0.25) is 0 Å². The predicted octanol–water partition coefficient (Wildman–Crippen LogP) is 2.65. The third-order valence-electron chi connectivity index (χ3n) is 4.13. The predicted molar refractivity (Wildman–Crippen MR) is 82.0 cm³/mol. The Morgan fingerprint density at radius 1 is 1.30 bits per heavy atom. The molecule has 3 N–H and O–H groups in total. The summed E-state index contributed by atoms with van der Waals surface area (Å²) in [5.74, 6) is 2.14. The van der Waals surface area contributed by atoms with E-state index in [1.165, 1.54) is 6.42 Å². The van der Waals surface area contributed by atoms with Gasteiger partial charge in [-0.3, -0.25) is 0 Å². The van der Waals surface area contributed by atoms with Crippen molar-refractivity contribution in [2.75, 3.05) is 24.7 Å². The largest absolute Gasteiger partial charge is 0.383 e. The molecule has 1 aromatic rings. The molecule has 20 heavy (non-hydrogen) atoms. The van der Waals surface area contributed by atoms with Gasteiger partial charge in [-0.2, -0.15) is 0 Å². The van der Waals surface area contributed by atoms with Gasteiger partial charge in [0.05, 0.1) is 5.60 Å². The molecule has 0 radical (unpaired) electrons. The van der Waals surface area contributed by atoms with Crippen molar-refractivity contribution in [3.63, 3.8) is 0 Å². The highest BCUT2D eigenvalue weighted by molar-refractivity contribution is 5.55. The monoisotopic (exact) mass is 278 g/mol. The van der Waals surface area contributed by atoms with Gasteiger partial charge in [0.1, 0.15) is 17.5 Å². The first-order valence-electron chi connectivity index (χ1n) is 7.21. The number of hydrogen-bond acceptors (Lipinski definition) is 5. The van der Waals surface area contributed by atoms with Crippen molar-refractivity contribution in [1.29, 1.82) is 0 Å². The molecule has 1 heterocycles. The molecule has 0 spiro atoms. The lowest BCUT2D eigenvalue weighted by Gasteiger charge is -2.40. The first-order valence-corrected chi connectivity index (χ1v) is 7.21. The lowest BCUT2D eigenvalue weighted by molar-refractivity contribution is -0.0601. The van der Waals surface area contributed by atoms with Gasteiger partial charge < -0.3 is 15.8 Å². The summed E-state index contributed by atoms with van der Waals surface area (Å²) in [6.45, 7) is 8.98. The molecular weight excluding hydrogens is 252 g/mol. The molecular formula is C15H26N4O. The summed E-state index contributed by atoms with van der Waals surface area (Å²) in [6.07, 6.45) is 3.43. The van der Waals surface area contributed by atoms with E-state index in [9.17, 15) is 0 Å². The van der Waals surface area contributed by atoms with Gasteiger partial charge in [-0.25, -0.2) is 9.97 Å². The second-order valence-electron chi connectivity index (χ2n) is 6.75. The second kappa shape index (κ2) is 5.20. The molecule has 5 heteroatoms. The molecule has 5 nitrogen and oxygen atoms in total. The molecule has 0 aliphatic heterocycles. The van der Waals surface area contributed by atoms with Crippen molar-refractivity contribution in [2.45, 2.75) is 58.0 Å².